The summed E-state index contributed by atoms with van der Waals surface area (Å²) in [5, 5.41) is 2.17. The number of ether oxygens (including phenoxy) is 4. The van der Waals surface area contributed by atoms with Crippen LogP contribution in [0.5, 0.6) is 0 Å². The molecule has 1 aromatic heterocycles. The van der Waals surface area contributed by atoms with Gasteiger partial charge in [0.05, 0.1) is 35.3 Å². The third kappa shape index (κ3) is 6.67. The van der Waals surface area contributed by atoms with E-state index < -0.39 is 0 Å². The Labute approximate surface area is 259 Å². The van der Waals surface area contributed by atoms with Crippen LogP contribution in [0.2, 0.25) is 0 Å². The Balaban J connectivity index is 1.24. The molecule has 8 unspecified atom stereocenters. The summed E-state index contributed by atoms with van der Waals surface area (Å²) in [4.78, 5) is 6.55. The number of hydrogen-bond donors (Lipinski definition) is 0. The fourth-order valence-corrected chi connectivity index (χ4v) is 9.96. The van der Waals surface area contributed by atoms with Crippen molar-refractivity contribution >= 4 is 17.2 Å². The Morgan fingerprint density at radius 3 is 2.02 bits per heavy atom. The van der Waals surface area contributed by atoms with E-state index in [1.165, 1.54) is 81.9 Å². The lowest BCUT2D eigenvalue weighted by molar-refractivity contribution is -0.278. The molecule has 6 heteroatoms. The lowest BCUT2D eigenvalue weighted by atomic mass is 9.54. The van der Waals surface area contributed by atoms with E-state index in [9.17, 15) is 0 Å². The molecule has 8 atom stereocenters. The van der Waals surface area contributed by atoms with Crippen molar-refractivity contribution in [2.45, 2.75) is 165 Å². The molecule has 1 spiro atoms. The number of hydrogen-bond acceptors (Lipinski definition) is 6. The van der Waals surface area contributed by atoms with Crippen LogP contribution in [0.25, 0.3) is 0 Å². The molecule has 2 aliphatic heterocycles. The zero-order valence-electron chi connectivity index (χ0n) is 26.5. The second-order valence-electron chi connectivity index (χ2n) is 14.0. The van der Waals surface area contributed by atoms with Crippen LogP contribution in [0.4, 0.5) is 0 Å². The third-order valence-corrected chi connectivity index (χ3v) is 12.2. The van der Waals surface area contributed by atoms with Crippen LogP contribution < -0.4 is 0 Å². The molecule has 5 nitrogen and oxygen atoms in total. The van der Waals surface area contributed by atoms with E-state index in [1.54, 1.807) is 11.3 Å². The maximum atomic E-state index is 7.49. The zero-order valence-corrected chi connectivity index (χ0v) is 27.3. The molecule has 0 bridgehead atoms. The predicted molar refractivity (Wildman–Crippen MR) is 172 cm³/mol. The molecule has 1 saturated heterocycles. The Bertz CT molecular complexity index is 943. The van der Waals surface area contributed by atoms with Gasteiger partial charge < -0.3 is 18.9 Å². The summed E-state index contributed by atoms with van der Waals surface area (Å²) in [6, 6.07) is 4.73. The second kappa shape index (κ2) is 14.9. The molecular weight excluding hydrogens is 542 g/mol. The Morgan fingerprint density at radius 1 is 0.786 bits per heavy atom. The smallest absolute Gasteiger partial charge is 0.227 e. The van der Waals surface area contributed by atoms with Gasteiger partial charge in [0, 0.05) is 43.8 Å². The summed E-state index contributed by atoms with van der Waals surface area (Å²) >= 11 is 1.78. The van der Waals surface area contributed by atoms with Crippen molar-refractivity contribution in [3.63, 3.8) is 0 Å². The van der Waals surface area contributed by atoms with Gasteiger partial charge in [-0.3, -0.25) is 0 Å². The topological polar surface area (TPSA) is 49.3 Å². The van der Waals surface area contributed by atoms with E-state index in [-0.39, 0.29) is 17.8 Å². The number of thiophene rings is 1. The molecule has 4 fully saturated rings. The summed E-state index contributed by atoms with van der Waals surface area (Å²) in [5.41, 5.74) is -0.183. The first-order valence-electron chi connectivity index (χ1n) is 17.9. The van der Waals surface area contributed by atoms with E-state index >= 15 is 0 Å². The predicted octanol–water partition coefficient (Wildman–Crippen LogP) is 9.12. The highest BCUT2D eigenvalue weighted by molar-refractivity contribution is 7.12. The van der Waals surface area contributed by atoms with Crippen molar-refractivity contribution in [1.82, 2.24) is 0 Å². The van der Waals surface area contributed by atoms with E-state index in [0.29, 0.717) is 36.0 Å². The average Bonchev–Trinajstić information content (AvgIpc) is 3.56. The lowest BCUT2D eigenvalue weighted by Gasteiger charge is -2.63. The molecule has 5 aliphatic rings. The molecule has 0 aromatic carbocycles. The SMILES string of the molecule is CCCCCCOC1CCC2C(C1)OC1CC(OCCCCCC)CCC1C21OC(c2cccs2)=NC2CCCCC21. The minimum atomic E-state index is -0.183. The van der Waals surface area contributed by atoms with E-state index in [2.05, 4.69) is 31.4 Å². The molecule has 3 saturated carbocycles. The first kappa shape index (κ1) is 31.0. The highest BCUT2D eigenvalue weighted by Crippen LogP contribution is 2.59. The molecule has 42 heavy (non-hydrogen) atoms. The summed E-state index contributed by atoms with van der Waals surface area (Å²) < 4.78 is 27.7. The van der Waals surface area contributed by atoms with Crippen LogP contribution in [0, 0.1) is 17.8 Å². The average molecular weight is 600 g/mol. The van der Waals surface area contributed by atoms with Crippen LogP contribution in [0.15, 0.2) is 22.5 Å². The zero-order chi connectivity index (χ0) is 28.8. The van der Waals surface area contributed by atoms with Crippen molar-refractivity contribution in [2.24, 2.45) is 22.7 Å². The third-order valence-electron chi connectivity index (χ3n) is 11.3. The summed E-state index contributed by atoms with van der Waals surface area (Å²) in [6.07, 6.45) is 22.7. The molecule has 6 rings (SSSR count). The van der Waals surface area contributed by atoms with Crippen LogP contribution in [-0.2, 0) is 18.9 Å². The molecule has 3 aliphatic carbocycles. The first-order valence-corrected chi connectivity index (χ1v) is 18.8. The molecule has 1 aromatic rings. The van der Waals surface area contributed by atoms with Crippen molar-refractivity contribution in [2.75, 3.05) is 13.2 Å². The van der Waals surface area contributed by atoms with Crippen LogP contribution >= 0.6 is 11.3 Å². The van der Waals surface area contributed by atoms with Gasteiger partial charge >= 0.3 is 0 Å². The number of fused-ring (bicyclic) bond motifs is 6. The Hall–Kier alpha value is -0.950. The Kier molecular flexibility index (Phi) is 11.0. The number of rotatable bonds is 13. The quantitative estimate of drug-likeness (QED) is 0.212. The molecular formula is C36H57NO4S. The van der Waals surface area contributed by atoms with Crippen molar-refractivity contribution in [3.05, 3.63) is 22.4 Å². The minimum absolute atomic E-state index is 0.183. The molecule has 0 N–H and O–H groups in total. The van der Waals surface area contributed by atoms with Gasteiger partial charge in [0.2, 0.25) is 5.90 Å². The second-order valence-corrected chi connectivity index (χ2v) is 14.9. The standard InChI is InChI=1S/C36H57NO4S/c1-3-5-7-11-21-38-26-17-19-29-32(24-26)40-33-25-27(39-22-12-8-6-4-2)18-20-30(33)36(29)28-14-9-10-15-31(28)37-35(41-36)34-16-13-23-42-34/h13,16,23,26-33H,3-12,14-15,17-22,24-25H2,1-2H3. The van der Waals surface area contributed by atoms with E-state index in [4.69, 9.17) is 23.9 Å². The first-order chi connectivity index (χ1) is 20.7. The van der Waals surface area contributed by atoms with Crippen LogP contribution in [0.3, 0.4) is 0 Å². The van der Waals surface area contributed by atoms with Crippen LogP contribution in [0.1, 0.15) is 134 Å². The highest BCUT2D eigenvalue weighted by atomic mass is 32.1. The van der Waals surface area contributed by atoms with Gasteiger partial charge in [-0.2, -0.15) is 0 Å². The highest BCUT2D eigenvalue weighted by Gasteiger charge is 2.66. The fraction of sp³-hybridized carbons (Fsp3) is 0.861. The minimum Gasteiger partial charge on any atom is -0.469 e. The van der Waals surface area contributed by atoms with Gasteiger partial charge in [-0.25, -0.2) is 4.99 Å². The van der Waals surface area contributed by atoms with Crippen LogP contribution in [-0.4, -0.2) is 55.2 Å². The Morgan fingerprint density at radius 2 is 1.43 bits per heavy atom. The van der Waals surface area contributed by atoms with Gasteiger partial charge in [0.25, 0.3) is 0 Å². The fourth-order valence-electron chi connectivity index (χ4n) is 9.31. The summed E-state index contributed by atoms with van der Waals surface area (Å²) in [5.74, 6) is 2.26. The van der Waals surface area contributed by atoms with Crippen molar-refractivity contribution in [3.8, 4) is 0 Å². The molecule has 3 heterocycles. The van der Waals surface area contributed by atoms with Gasteiger partial charge in [-0.05, 0) is 62.8 Å². The molecule has 0 amide bonds. The van der Waals surface area contributed by atoms with Crippen molar-refractivity contribution in [1.29, 1.82) is 0 Å². The largest absolute Gasteiger partial charge is 0.469 e. The summed E-state index contributed by atoms with van der Waals surface area (Å²) in [6.45, 7) is 6.34. The lowest BCUT2D eigenvalue weighted by Crippen LogP contribution is -2.70. The monoisotopic (exact) mass is 599 g/mol. The normalized spacial score (nSPS) is 37.8. The number of nitrogens with zero attached hydrogens (tertiary/aromatic N) is 1. The maximum Gasteiger partial charge on any atom is 0.227 e. The van der Waals surface area contributed by atoms with E-state index in [0.717, 1.165) is 57.6 Å². The van der Waals surface area contributed by atoms with E-state index in [1.807, 2.05) is 0 Å². The van der Waals surface area contributed by atoms with Gasteiger partial charge in [0.1, 0.15) is 5.60 Å². The van der Waals surface area contributed by atoms with Gasteiger partial charge in [-0.15, -0.1) is 11.3 Å². The molecule has 236 valence electrons. The maximum absolute atomic E-state index is 7.49. The summed E-state index contributed by atoms with van der Waals surface area (Å²) in [7, 11) is 0. The van der Waals surface area contributed by atoms with Gasteiger partial charge in [-0.1, -0.05) is 71.3 Å². The number of unbranched alkanes of at least 4 members (excludes halogenated alkanes) is 6. The van der Waals surface area contributed by atoms with Gasteiger partial charge in [0.15, 0.2) is 0 Å². The van der Waals surface area contributed by atoms with Crippen molar-refractivity contribution < 1.29 is 18.9 Å². The number of aliphatic imine (C=N–C) groups is 1. The molecule has 0 radical (unpaired) electrons.